The number of allylic oxidation sites excluding steroid dienone is 1. The first-order valence-corrected chi connectivity index (χ1v) is 11.6. The molecule has 1 aliphatic heterocycles. The van der Waals surface area contributed by atoms with Crippen molar-refractivity contribution in [2.24, 2.45) is 0 Å². The van der Waals surface area contributed by atoms with Gasteiger partial charge in [0, 0.05) is 30.4 Å². The van der Waals surface area contributed by atoms with Gasteiger partial charge in [0.2, 0.25) is 0 Å². The molecule has 4 rings (SSSR count). The molecule has 156 valence electrons. The molecule has 2 heterocycles. The first-order valence-electron chi connectivity index (χ1n) is 10.1. The molecule has 0 N–H and O–H groups in total. The molecule has 0 saturated carbocycles. The molecule has 2 aromatic carbocycles. The van der Waals surface area contributed by atoms with Gasteiger partial charge in [-0.05, 0) is 43.2 Å². The average molecular weight is 421 g/mol. The Morgan fingerprint density at radius 2 is 1.43 bits per heavy atom. The van der Waals surface area contributed by atoms with Crippen LogP contribution in [0, 0.1) is 13.8 Å². The summed E-state index contributed by atoms with van der Waals surface area (Å²) in [7, 11) is -1.66. The number of nitrogens with zero attached hydrogens (tertiary/aromatic N) is 2. The van der Waals surface area contributed by atoms with Gasteiger partial charge >= 0.3 is 0 Å². The van der Waals surface area contributed by atoms with Gasteiger partial charge in [-0.2, -0.15) is 0 Å². The van der Waals surface area contributed by atoms with Crippen LogP contribution in [0.5, 0.6) is 0 Å². The summed E-state index contributed by atoms with van der Waals surface area (Å²) in [5, 5.41) is 0. The summed E-state index contributed by atoms with van der Waals surface area (Å²) in [4.78, 5) is 2.37. The molecule has 0 atom stereocenters. The monoisotopic (exact) mass is 420 g/mol. The van der Waals surface area contributed by atoms with Gasteiger partial charge in [-0.25, -0.2) is 12.4 Å². The third kappa shape index (κ3) is 3.37. The minimum atomic E-state index is -3.65. The van der Waals surface area contributed by atoms with Crippen LogP contribution < -0.4 is 0 Å². The lowest BCUT2D eigenvalue weighted by molar-refractivity contribution is 0.429. The maximum atomic E-state index is 13.4. The molecule has 3 aromatic rings. The van der Waals surface area contributed by atoms with Crippen molar-refractivity contribution in [1.82, 2.24) is 8.87 Å². The predicted octanol–water partition coefficient (Wildman–Crippen LogP) is 5.11. The Bertz CT molecular complexity index is 1220. The molecule has 5 heteroatoms. The fourth-order valence-electron chi connectivity index (χ4n) is 4.09. The molecule has 1 aliphatic rings. The molecular formula is C25H28N2O2S. The van der Waals surface area contributed by atoms with Crippen LogP contribution in [0.2, 0.25) is 0 Å². The van der Waals surface area contributed by atoms with E-state index in [0.29, 0.717) is 11.4 Å². The third-order valence-electron chi connectivity index (χ3n) is 6.02. The quantitative estimate of drug-likeness (QED) is 0.589. The van der Waals surface area contributed by atoms with E-state index in [4.69, 9.17) is 0 Å². The lowest BCUT2D eigenvalue weighted by Gasteiger charge is -2.34. The van der Waals surface area contributed by atoms with Crippen molar-refractivity contribution >= 4 is 15.6 Å². The van der Waals surface area contributed by atoms with E-state index in [1.165, 1.54) is 15.1 Å². The van der Waals surface area contributed by atoms with Gasteiger partial charge in [0.1, 0.15) is 0 Å². The Hall–Kier alpha value is -2.79. The number of aryl methyl sites for hydroxylation is 2. The molecule has 0 aliphatic carbocycles. The highest BCUT2D eigenvalue weighted by Gasteiger charge is 2.34. The summed E-state index contributed by atoms with van der Waals surface area (Å²) >= 11 is 0. The van der Waals surface area contributed by atoms with E-state index in [-0.39, 0.29) is 5.41 Å². The van der Waals surface area contributed by atoms with E-state index in [0.717, 1.165) is 22.4 Å². The molecule has 0 spiro atoms. The zero-order valence-corrected chi connectivity index (χ0v) is 19.0. The molecule has 1 aromatic heterocycles. The Labute approximate surface area is 179 Å². The van der Waals surface area contributed by atoms with E-state index in [9.17, 15) is 8.42 Å². The third-order valence-corrected chi connectivity index (χ3v) is 7.74. The van der Waals surface area contributed by atoms with Crippen LogP contribution in [-0.2, 0) is 22.0 Å². The normalized spacial score (nSPS) is 14.4. The topological polar surface area (TPSA) is 42.3 Å². The van der Waals surface area contributed by atoms with E-state index in [2.05, 4.69) is 56.1 Å². The van der Waals surface area contributed by atoms with E-state index in [1.54, 1.807) is 18.3 Å². The van der Waals surface area contributed by atoms with Gasteiger partial charge in [-0.3, -0.25) is 0 Å². The number of benzene rings is 2. The Kier molecular flexibility index (Phi) is 4.89. The van der Waals surface area contributed by atoms with Crippen LogP contribution in [0.3, 0.4) is 0 Å². The van der Waals surface area contributed by atoms with Crippen molar-refractivity contribution in [3.8, 4) is 0 Å². The predicted molar refractivity (Wildman–Crippen MR) is 122 cm³/mol. The molecule has 4 nitrogen and oxygen atoms in total. The van der Waals surface area contributed by atoms with Crippen LogP contribution in [0.1, 0.15) is 41.8 Å². The molecule has 0 saturated heterocycles. The molecular weight excluding hydrogens is 392 g/mol. The van der Waals surface area contributed by atoms with Crippen LogP contribution in [0.25, 0.3) is 5.57 Å². The van der Waals surface area contributed by atoms with E-state index < -0.39 is 10.0 Å². The van der Waals surface area contributed by atoms with Gasteiger partial charge in [-0.1, -0.05) is 61.4 Å². The summed E-state index contributed by atoms with van der Waals surface area (Å²) in [5.74, 6) is 0. The zero-order chi connectivity index (χ0) is 21.7. The molecule has 0 amide bonds. The molecule has 0 radical (unpaired) electrons. The average Bonchev–Trinajstić information content (AvgIpc) is 3.12. The minimum Gasteiger partial charge on any atom is -0.374 e. The van der Waals surface area contributed by atoms with Gasteiger partial charge < -0.3 is 4.90 Å². The fraction of sp³-hybridized carbons (Fsp3) is 0.280. The van der Waals surface area contributed by atoms with Gasteiger partial charge in [0.05, 0.1) is 17.1 Å². The van der Waals surface area contributed by atoms with Crippen LogP contribution in [0.15, 0.2) is 71.9 Å². The smallest absolute Gasteiger partial charge is 0.267 e. The molecule has 0 fully saturated rings. The Balaban J connectivity index is 1.82. The number of aromatic nitrogens is 1. The van der Waals surface area contributed by atoms with Crippen molar-refractivity contribution < 1.29 is 8.42 Å². The standard InChI is InChI=1S/C25H28N2O2S/c1-18-6-10-20(11-7-18)25(3,4)23-16-26(5)17-24-22(23)14-15-27(24)30(28,29)21-12-8-19(2)9-13-21/h6-16H,17H2,1-5H3. The van der Waals surface area contributed by atoms with Gasteiger partial charge in [-0.15, -0.1) is 0 Å². The van der Waals surface area contributed by atoms with Crippen LogP contribution in [0.4, 0.5) is 0 Å². The van der Waals surface area contributed by atoms with Gasteiger partial charge in [0.25, 0.3) is 10.0 Å². The summed E-state index contributed by atoms with van der Waals surface area (Å²) in [6.45, 7) is 8.96. The second kappa shape index (κ2) is 7.17. The highest BCUT2D eigenvalue weighted by atomic mass is 32.2. The largest absolute Gasteiger partial charge is 0.374 e. The Morgan fingerprint density at radius 1 is 0.867 bits per heavy atom. The first kappa shape index (κ1) is 20.5. The molecule has 0 unspecified atom stereocenters. The van der Waals surface area contributed by atoms with Crippen molar-refractivity contribution in [2.75, 3.05) is 7.05 Å². The van der Waals surface area contributed by atoms with Gasteiger partial charge in [0.15, 0.2) is 0 Å². The van der Waals surface area contributed by atoms with Crippen LogP contribution in [-0.4, -0.2) is 24.3 Å². The number of fused-ring (bicyclic) bond motifs is 1. The fourth-order valence-corrected chi connectivity index (χ4v) is 5.47. The molecule has 30 heavy (non-hydrogen) atoms. The van der Waals surface area contributed by atoms with E-state index in [1.807, 2.05) is 32.2 Å². The first-order chi connectivity index (χ1) is 14.1. The zero-order valence-electron chi connectivity index (χ0n) is 18.2. The van der Waals surface area contributed by atoms with E-state index >= 15 is 0 Å². The highest BCUT2D eigenvalue weighted by molar-refractivity contribution is 7.90. The number of rotatable bonds is 4. The van der Waals surface area contributed by atoms with Crippen molar-refractivity contribution in [3.63, 3.8) is 0 Å². The highest BCUT2D eigenvalue weighted by Crippen LogP contribution is 2.42. The lowest BCUT2D eigenvalue weighted by Crippen LogP contribution is -2.28. The second-order valence-corrected chi connectivity index (χ2v) is 10.6. The summed E-state index contributed by atoms with van der Waals surface area (Å²) in [6.07, 6.45) is 3.84. The van der Waals surface area contributed by atoms with Crippen LogP contribution >= 0.6 is 0 Å². The van der Waals surface area contributed by atoms with Crippen molar-refractivity contribution in [2.45, 2.75) is 44.6 Å². The second-order valence-electron chi connectivity index (χ2n) is 8.74. The lowest BCUT2D eigenvalue weighted by atomic mass is 9.74. The molecule has 0 bridgehead atoms. The number of hydrogen-bond acceptors (Lipinski definition) is 3. The summed E-state index contributed by atoms with van der Waals surface area (Å²) in [6, 6.07) is 17.5. The summed E-state index contributed by atoms with van der Waals surface area (Å²) < 4.78 is 28.2. The summed E-state index contributed by atoms with van der Waals surface area (Å²) in [5.41, 5.74) is 6.11. The minimum absolute atomic E-state index is 0.267. The SMILES string of the molecule is Cc1ccc(C(C)(C)C2=CN(C)Cc3c2ccn3S(=O)(=O)c2ccc(C)cc2)cc1. The number of hydrogen-bond donors (Lipinski definition) is 0. The van der Waals surface area contributed by atoms with Crippen molar-refractivity contribution in [3.05, 3.63) is 94.9 Å². The maximum Gasteiger partial charge on any atom is 0.267 e. The van der Waals surface area contributed by atoms with Crippen molar-refractivity contribution in [1.29, 1.82) is 0 Å². The maximum absolute atomic E-state index is 13.4. The Morgan fingerprint density at radius 3 is 2.03 bits per heavy atom.